The smallest absolute Gasteiger partial charge is 0.408 e. The molecule has 0 unspecified atom stereocenters. The Balaban J connectivity index is 2.00. The Morgan fingerprint density at radius 2 is 1.77 bits per heavy atom. The van der Waals surface area contributed by atoms with Crippen molar-refractivity contribution in [3.8, 4) is 5.75 Å². The van der Waals surface area contributed by atoms with Crippen molar-refractivity contribution in [3.63, 3.8) is 0 Å². The van der Waals surface area contributed by atoms with Crippen LogP contribution >= 0.6 is 23.2 Å². The van der Waals surface area contributed by atoms with Gasteiger partial charge in [0.05, 0.1) is 11.2 Å². The van der Waals surface area contributed by atoms with E-state index in [-0.39, 0.29) is 11.6 Å². The van der Waals surface area contributed by atoms with Crippen LogP contribution in [0.25, 0.3) is 10.9 Å². The van der Waals surface area contributed by atoms with Crippen LogP contribution in [0.5, 0.6) is 5.75 Å². The molecule has 2 amide bonds. The molecule has 9 heteroatoms. The maximum atomic E-state index is 13.2. The van der Waals surface area contributed by atoms with Crippen molar-refractivity contribution >= 4 is 51.8 Å². The Hall–Kier alpha value is -2.77. The Kier molecular flexibility index (Phi) is 7.41. The summed E-state index contributed by atoms with van der Waals surface area (Å²) in [4.78, 5) is 24.9. The highest BCUT2D eigenvalue weighted by Gasteiger charge is 2.21. The highest BCUT2D eigenvalue weighted by molar-refractivity contribution is 6.54. The van der Waals surface area contributed by atoms with Crippen LogP contribution < -0.4 is 10.1 Å². The van der Waals surface area contributed by atoms with Crippen molar-refractivity contribution in [2.75, 3.05) is 18.4 Å². The van der Waals surface area contributed by atoms with Crippen LogP contribution in [0, 0.1) is 5.82 Å². The van der Waals surface area contributed by atoms with Crippen molar-refractivity contribution in [2.45, 2.75) is 25.2 Å². The Morgan fingerprint density at radius 3 is 2.39 bits per heavy atom. The Labute approximate surface area is 189 Å². The first kappa shape index (κ1) is 22.9. The minimum absolute atomic E-state index is 0.186. The first-order chi connectivity index (χ1) is 14.8. The second kappa shape index (κ2) is 10.0. The van der Waals surface area contributed by atoms with Crippen molar-refractivity contribution in [1.29, 1.82) is 0 Å². The number of aromatic nitrogens is 1. The molecule has 6 nitrogen and oxygen atoms in total. The molecule has 1 N–H and O–H groups in total. The zero-order valence-electron chi connectivity index (χ0n) is 17.1. The number of benzene rings is 2. The van der Waals surface area contributed by atoms with E-state index in [0.29, 0.717) is 30.7 Å². The van der Waals surface area contributed by atoms with Gasteiger partial charge < -0.3 is 19.5 Å². The number of hydrogen-bond donors (Lipinski definition) is 1. The van der Waals surface area contributed by atoms with Gasteiger partial charge in [-0.25, -0.2) is 9.18 Å². The normalized spacial score (nSPS) is 11.0. The third kappa shape index (κ3) is 5.29. The van der Waals surface area contributed by atoms with E-state index >= 15 is 0 Å². The van der Waals surface area contributed by atoms with Crippen LogP contribution in [0.1, 0.15) is 19.4 Å². The second-order valence-electron chi connectivity index (χ2n) is 6.77. The summed E-state index contributed by atoms with van der Waals surface area (Å²) in [6, 6.07) is 11.4. The molecule has 164 valence electrons. The summed E-state index contributed by atoms with van der Waals surface area (Å²) in [5.41, 5.74) is 1.98. The van der Waals surface area contributed by atoms with Crippen molar-refractivity contribution in [1.82, 2.24) is 9.47 Å². The fourth-order valence-corrected chi connectivity index (χ4v) is 3.32. The van der Waals surface area contributed by atoms with Gasteiger partial charge >= 0.3 is 6.09 Å². The molecule has 0 saturated heterocycles. The number of anilines is 1. The van der Waals surface area contributed by atoms with Gasteiger partial charge in [-0.2, -0.15) is 0 Å². The number of nitrogens with one attached hydrogen (secondary N) is 1. The number of amides is 2. The Morgan fingerprint density at radius 1 is 1.10 bits per heavy atom. The minimum Gasteiger partial charge on any atom is -0.408 e. The fourth-order valence-electron chi connectivity index (χ4n) is 3.21. The number of nitrogens with zero attached hydrogens (tertiary/aromatic N) is 2. The van der Waals surface area contributed by atoms with E-state index in [1.165, 1.54) is 17.0 Å². The summed E-state index contributed by atoms with van der Waals surface area (Å²) < 4.78 is 20.7. The largest absolute Gasteiger partial charge is 0.415 e. The molecular formula is C22H22Cl2FN3O3. The maximum absolute atomic E-state index is 13.2. The standard InChI is InChI=1S/C22H22Cl2FN3O3/c1-3-27(4-2)22(30)31-18-10-9-17-16(19(18)26-21(29)20(23)24)11-12-28(17)13-14-5-7-15(25)8-6-14/h5-12,20H,3-4,13H2,1-2H3,(H,26,29). The van der Waals surface area contributed by atoms with E-state index in [4.69, 9.17) is 27.9 Å². The third-order valence-corrected chi connectivity index (χ3v) is 5.24. The summed E-state index contributed by atoms with van der Waals surface area (Å²) in [5.74, 6) is -0.754. The number of hydrogen-bond acceptors (Lipinski definition) is 3. The first-order valence-electron chi connectivity index (χ1n) is 9.76. The molecule has 0 atom stereocenters. The molecule has 0 bridgehead atoms. The Bertz CT molecular complexity index is 1080. The second-order valence-corrected chi connectivity index (χ2v) is 7.87. The quantitative estimate of drug-likeness (QED) is 0.474. The van der Waals surface area contributed by atoms with Gasteiger partial charge in [0.2, 0.25) is 0 Å². The van der Waals surface area contributed by atoms with Crippen LogP contribution in [0.3, 0.4) is 0 Å². The lowest BCUT2D eigenvalue weighted by Crippen LogP contribution is -2.33. The van der Waals surface area contributed by atoms with E-state index in [2.05, 4.69) is 5.32 Å². The van der Waals surface area contributed by atoms with E-state index in [1.54, 1.807) is 30.3 Å². The van der Waals surface area contributed by atoms with Gasteiger partial charge in [-0.05, 0) is 49.7 Å². The van der Waals surface area contributed by atoms with Gasteiger partial charge in [0, 0.05) is 31.2 Å². The minimum atomic E-state index is -1.29. The number of ether oxygens (including phenoxy) is 1. The molecule has 3 aromatic rings. The lowest BCUT2D eigenvalue weighted by atomic mass is 10.2. The molecule has 0 radical (unpaired) electrons. The van der Waals surface area contributed by atoms with Gasteiger partial charge in [-0.1, -0.05) is 35.3 Å². The number of alkyl halides is 2. The summed E-state index contributed by atoms with van der Waals surface area (Å²) in [5, 5.41) is 3.30. The molecule has 0 aliphatic heterocycles. The number of fused-ring (bicyclic) bond motifs is 1. The predicted octanol–water partition coefficient (Wildman–Crippen LogP) is 5.41. The van der Waals surface area contributed by atoms with Crippen molar-refractivity contribution in [2.24, 2.45) is 0 Å². The van der Waals surface area contributed by atoms with E-state index in [9.17, 15) is 14.0 Å². The summed E-state index contributed by atoms with van der Waals surface area (Å²) in [6.45, 7) is 5.15. The lowest BCUT2D eigenvalue weighted by Gasteiger charge is -2.20. The van der Waals surface area contributed by atoms with Crippen LogP contribution in [0.4, 0.5) is 14.9 Å². The average Bonchev–Trinajstić information content (AvgIpc) is 3.15. The van der Waals surface area contributed by atoms with Gasteiger partial charge in [-0.15, -0.1) is 0 Å². The topological polar surface area (TPSA) is 63.6 Å². The lowest BCUT2D eigenvalue weighted by molar-refractivity contribution is -0.114. The van der Waals surface area contributed by atoms with Gasteiger partial charge in [0.25, 0.3) is 5.91 Å². The summed E-state index contributed by atoms with van der Waals surface area (Å²) in [6.07, 6.45) is 1.30. The molecular weight excluding hydrogens is 444 g/mol. The number of carbonyl (C=O) groups is 2. The molecule has 0 saturated carbocycles. The molecule has 3 rings (SSSR count). The fraction of sp³-hybridized carbons (Fsp3) is 0.273. The molecule has 0 fully saturated rings. The molecule has 31 heavy (non-hydrogen) atoms. The molecule has 1 aromatic heterocycles. The zero-order valence-corrected chi connectivity index (χ0v) is 18.6. The van der Waals surface area contributed by atoms with E-state index < -0.39 is 16.8 Å². The number of rotatable bonds is 7. The SMILES string of the molecule is CCN(CC)C(=O)Oc1ccc2c(ccn2Cc2ccc(F)cc2)c1NC(=O)C(Cl)Cl. The van der Waals surface area contributed by atoms with Crippen molar-refractivity contribution < 1.29 is 18.7 Å². The maximum Gasteiger partial charge on any atom is 0.415 e. The highest BCUT2D eigenvalue weighted by atomic mass is 35.5. The average molecular weight is 466 g/mol. The number of carbonyl (C=O) groups excluding carboxylic acids is 2. The summed E-state index contributed by atoms with van der Waals surface area (Å²) in [7, 11) is 0. The zero-order chi connectivity index (χ0) is 22.5. The molecule has 1 heterocycles. The third-order valence-electron chi connectivity index (χ3n) is 4.85. The van der Waals surface area contributed by atoms with Crippen molar-refractivity contribution in [3.05, 3.63) is 60.0 Å². The first-order valence-corrected chi connectivity index (χ1v) is 10.6. The molecule has 0 aliphatic carbocycles. The van der Waals surface area contributed by atoms with Crippen LogP contribution in [0.15, 0.2) is 48.7 Å². The monoisotopic (exact) mass is 465 g/mol. The summed E-state index contributed by atoms with van der Waals surface area (Å²) >= 11 is 11.4. The van der Waals surface area contributed by atoms with Gasteiger partial charge in [-0.3, -0.25) is 4.79 Å². The van der Waals surface area contributed by atoms with E-state index in [0.717, 1.165) is 11.1 Å². The van der Waals surface area contributed by atoms with Gasteiger partial charge in [0.1, 0.15) is 5.82 Å². The molecule has 2 aromatic carbocycles. The number of halogens is 3. The highest BCUT2D eigenvalue weighted by Crippen LogP contribution is 2.35. The predicted molar refractivity (Wildman–Crippen MR) is 121 cm³/mol. The van der Waals surface area contributed by atoms with Crippen LogP contribution in [-0.4, -0.2) is 39.4 Å². The van der Waals surface area contributed by atoms with Crippen LogP contribution in [0.2, 0.25) is 0 Å². The van der Waals surface area contributed by atoms with E-state index in [1.807, 2.05) is 24.6 Å². The molecule has 0 spiro atoms. The molecule has 0 aliphatic rings. The van der Waals surface area contributed by atoms with Crippen LogP contribution in [-0.2, 0) is 11.3 Å². The van der Waals surface area contributed by atoms with Gasteiger partial charge in [0.15, 0.2) is 10.6 Å².